The number of aryl methyl sites for hydroxylation is 1. The fraction of sp³-hybridized carbons (Fsp3) is 0.417. The number of hydrogen-bond acceptors (Lipinski definition) is 4. The lowest BCUT2D eigenvalue weighted by molar-refractivity contribution is 0.142. The number of phenols is 1. The van der Waals surface area contributed by atoms with Crippen molar-refractivity contribution < 1.29 is 24.5 Å². The summed E-state index contributed by atoms with van der Waals surface area (Å²) in [6.07, 6.45) is -0.600. The van der Waals surface area contributed by atoms with Gasteiger partial charge in [0.2, 0.25) is 0 Å². The van der Waals surface area contributed by atoms with Gasteiger partial charge in [-0.3, -0.25) is 0 Å². The summed E-state index contributed by atoms with van der Waals surface area (Å²) in [7, 11) is 0. The monoisotopic (exact) mass is 240 g/mol. The second kappa shape index (κ2) is 5.43. The van der Waals surface area contributed by atoms with Gasteiger partial charge in [0.25, 0.3) is 0 Å². The second-order valence-corrected chi connectivity index (χ2v) is 3.71. The van der Waals surface area contributed by atoms with Crippen LogP contribution in [-0.2, 0) is 0 Å². The smallest absolute Gasteiger partial charge is 0.504 e. The minimum absolute atomic E-state index is 0.0427. The summed E-state index contributed by atoms with van der Waals surface area (Å²) in [5.74, 6) is 0.303. The van der Waals surface area contributed by atoms with Crippen molar-refractivity contribution in [3.05, 3.63) is 17.2 Å². The Kier molecular flexibility index (Phi) is 4.20. The van der Waals surface area contributed by atoms with Crippen LogP contribution in [0.25, 0.3) is 0 Å². The summed E-state index contributed by atoms with van der Waals surface area (Å²) >= 11 is 0. The summed E-state index contributed by atoms with van der Waals surface area (Å²) < 4.78 is 9.97. The normalized spacial score (nSPS) is 10.1. The van der Waals surface area contributed by atoms with Gasteiger partial charge < -0.3 is 19.7 Å². The zero-order valence-corrected chi connectivity index (χ0v) is 10.1. The highest BCUT2D eigenvalue weighted by molar-refractivity contribution is 5.66. The van der Waals surface area contributed by atoms with Crippen LogP contribution in [-0.4, -0.2) is 23.0 Å². The predicted molar refractivity (Wildman–Crippen MR) is 62.0 cm³/mol. The van der Waals surface area contributed by atoms with E-state index in [0.29, 0.717) is 23.5 Å². The zero-order chi connectivity index (χ0) is 13.0. The Labute approximate surface area is 99.6 Å². The lowest BCUT2D eigenvalue weighted by Crippen LogP contribution is -2.06. The first kappa shape index (κ1) is 13.2. The summed E-state index contributed by atoms with van der Waals surface area (Å²) in [6, 6.07) is 1.66. The third-order valence-corrected chi connectivity index (χ3v) is 2.30. The molecule has 1 aromatic carbocycles. The van der Waals surface area contributed by atoms with Crippen molar-refractivity contribution in [2.75, 3.05) is 6.61 Å². The average Bonchev–Trinajstić information content (AvgIpc) is 2.27. The van der Waals surface area contributed by atoms with Gasteiger partial charge in [-0.25, -0.2) is 4.79 Å². The molecule has 0 unspecified atom stereocenters. The highest BCUT2D eigenvalue weighted by Gasteiger charge is 2.17. The number of carboxylic acid groups (broad SMARTS) is 1. The summed E-state index contributed by atoms with van der Waals surface area (Å²) in [5.41, 5.74) is 0.988. The van der Waals surface area contributed by atoms with Crippen molar-refractivity contribution >= 4 is 6.16 Å². The molecule has 0 aliphatic heterocycles. The molecule has 2 N–H and O–H groups in total. The third kappa shape index (κ3) is 3.03. The second-order valence-electron chi connectivity index (χ2n) is 3.71. The van der Waals surface area contributed by atoms with Crippen LogP contribution >= 0.6 is 0 Å². The molecular formula is C12H16O5. The Morgan fingerprint density at radius 3 is 2.59 bits per heavy atom. The van der Waals surface area contributed by atoms with Crippen LogP contribution in [0.3, 0.4) is 0 Å². The molecule has 0 saturated heterocycles. The Morgan fingerprint density at radius 1 is 1.41 bits per heavy atom. The Hall–Kier alpha value is -1.91. The largest absolute Gasteiger partial charge is 0.511 e. The van der Waals surface area contributed by atoms with Gasteiger partial charge >= 0.3 is 6.16 Å². The molecule has 0 aliphatic carbocycles. The van der Waals surface area contributed by atoms with E-state index >= 15 is 0 Å². The van der Waals surface area contributed by atoms with Gasteiger partial charge in [-0.05, 0) is 31.9 Å². The van der Waals surface area contributed by atoms with E-state index in [0.717, 1.165) is 6.42 Å². The van der Waals surface area contributed by atoms with E-state index in [2.05, 4.69) is 4.74 Å². The lowest BCUT2D eigenvalue weighted by atomic mass is 10.1. The minimum atomic E-state index is -1.45. The number of phenolic OH excluding ortho intramolecular Hbond substituents is 1. The highest BCUT2D eigenvalue weighted by atomic mass is 16.7. The molecule has 0 atom stereocenters. The molecule has 0 heterocycles. The lowest BCUT2D eigenvalue weighted by Gasteiger charge is -2.14. The molecule has 0 amide bonds. The molecular weight excluding hydrogens is 224 g/mol. The summed E-state index contributed by atoms with van der Waals surface area (Å²) in [5, 5.41) is 18.4. The molecule has 0 fully saturated rings. The maximum atomic E-state index is 10.5. The molecule has 0 saturated carbocycles. The van der Waals surface area contributed by atoms with Crippen LogP contribution in [0.1, 0.15) is 24.5 Å². The number of hydrogen-bond donors (Lipinski definition) is 2. The first-order chi connectivity index (χ1) is 7.97. The van der Waals surface area contributed by atoms with Crippen molar-refractivity contribution in [3.63, 3.8) is 0 Å². The quantitative estimate of drug-likeness (QED) is 0.625. The average molecular weight is 240 g/mol. The van der Waals surface area contributed by atoms with Crippen LogP contribution in [0, 0.1) is 13.8 Å². The van der Waals surface area contributed by atoms with Crippen LogP contribution in [0.5, 0.6) is 17.2 Å². The van der Waals surface area contributed by atoms with Crippen LogP contribution < -0.4 is 9.47 Å². The molecule has 0 aromatic heterocycles. The van der Waals surface area contributed by atoms with Gasteiger partial charge in [0.1, 0.15) is 5.75 Å². The van der Waals surface area contributed by atoms with Crippen LogP contribution in [0.4, 0.5) is 4.79 Å². The molecule has 1 aromatic rings. The van der Waals surface area contributed by atoms with E-state index in [1.54, 1.807) is 19.9 Å². The maximum Gasteiger partial charge on any atom is 0.511 e. The van der Waals surface area contributed by atoms with Crippen molar-refractivity contribution in [1.29, 1.82) is 0 Å². The van der Waals surface area contributed by atoms with Crippen molar-refractivity contribution in [3.8, 4) is 17.2 Å². The molecule has 5 nitrogen and oxygen atoms in total. The minimum Gasteiger partial charge on any atom is -0.504 e. The third-order valence-electron chi connectivity index (χ3n) is 2.30. The highest BCUT2D eigenvalue weighted by Crippen LogP contribution is 2.39. The van der Waals surface area contributed by atoms with Crippen molar-refractivity contribution in [2.24, 2.45) is 0 Å². The predicted octanol–water partition coefficient (Wildman–Crippen LogP) is 2.85. The van der Waals surface area contributed by atoms with Gasteiger partial charge in [0.05, 0.1) is 6.61 Å². The van der Waals surface area contributed by atoms with E-state index in [1.165, 1.54) is 0 Å². The van der Waals surface area contributed by atoms with Gasteiger partial charge in [-0.1, -0.05) is 6.92 Å². The molecule has 0 spiro atoms. The fourth-order valence-corrected chi connectivity index (χ4v) is 1.42. The molecule has 0 radical (unpaired) electrons. The van der Waals surface area contributed by atoms with Gasteiger partial charge in [-0.15, -0.1) is 0 Å². The van der Waals surface area contributed by atoms with Gasteiger partial charge in [0.15, 0.2) is 11.5 Å². The number of benzene rings is 1. The number of carbonyl (C=O) groups is 1. The Bertz CT molecular complexity index is 425. The Morgan fingerprint density at radius 2 is 2.06 bits per heavy atom. The first-order valence-electron chi connectivity index (χ1n) is 5.34. The maximum absolute atomic E-state index is 10.5. The van der Waals surface area contributed by atoms with Crippen LogP contribution in [0.2, 0.25) is 0 Å². The Balaban J connectivity index is 3.12. The van der Waals surface area contributed by atoms with E-state index in [-0.39, 0.29) is 11.5 Å². The first-order valence-corrected chi connectivity index (χ1v) is 5.34. The van der Waals surface area contributed by atoms with Crippen LogP contribution in [0.15, 0.2) is 6.07 Å². The summed E-state index contributed by atoms with van der Waals surface area (Å²) in [6.45, 7) is 5.81. The van der Waals surface area contributed by atoms with E-state index < -0.39 is 6.16 Å². The zero-order valence-electron chi connectivity index (χ0n) is 10.1. The van der Waals surface area contributed by atoms with Crippen molar-refractivity contribution in [2.45, 2.75) is 27.2 Å². The topological polar surface area (TPSA) is 76.0 Å². The van der Waals surface area contributed by atoms with E-state index in [9.17, 15) is 9.90 Å². The number of rotatable bonds is 4. The van der Waals surface area contributed by atoms with Gasteiger partial charge in [0, 0.05) is 5.56 Å². The molecule has 0 aliphatic rings. The standard InChI is InChI=1S/C12H16O5/c1-4-5-16-9-6-7(2)11(17-12(14)15)10(13)8(9)3/h6,13H,4-5H2,1-3H3,(H,14,15). The fourth-order valence-electron chi connectivity index (χ4n) is 1.42. The van der Waals surface area contributed by atoms with E-state index in [1.807, 2.05) is 6.92 Å². The number of aromatic hydroxyl groups is 1. The summed E-state index contributed by atoms with van der Waals surface area (Å²) in [4.78, 5) is 10.5. The molecule has 5 heteroatoms. The molecule has 0 bridgehead atoms. The van der Waals surface area contributed by atoms with E-state index in [4.69, 9.17) is 9.84 Å². The molecule has 17 heavy (non-hydrogen) atoms. The molecule has 1 rings (SSSR count). The van der Waals surface area contributed by atoms with Crippen molar-refractivity contribution in [1.82, 2.24) is 0 Å². The SMILES string of the molecule is CCCOc1cc(C)c(OC(=O)O)c(O)c1C. The number of ether oxygens (including phenoxy) is 2. The molecule has 94 valence electrons. The van der Waals surface area contributed by atoms with Gasteiger partial charge in [-0.2, -0.15) is 0 Å².